The fraction of sp³-hybridized carbons (Fsp3) is 0.182. The number of ketones is 1. The number of nitrogens with one attached hydrogen (secondary N) is 1. The van der Waals surface area contributed by atoms with E-state index in [1.54, 1.807) is 25.4 Å². The summed E-state index contributed by atoms with van der Waals surface area (Å²) in [5.74, 6) is 0.525. The number of fused-ring (bicyclic) bond motifs is 1. The number of aromatic nitrogens is 3. The standard InChI is InChI=1S/C22H19FN4O2S/c1-29-19-8-6-14(12-24-19)5-7-18(28)20-21-17(9-10-30-21)26-22(27-20)25-13-15-3-2-4-16(23)11-15/h2-4,6,8-12H,5,7,13H2,1H3,(H,25,26,27). The summed E-state index contributed by atoms with van der Waals surface area (Å²) in [6.45, 7) is 0.360. The molecule has 0 fully saturated rings. The lowest BCUT2D eigenvalue weighted by molar-refractivity contribution is 0.0980. The normalized spacial score (nSPS) is 10.9. The molecule has 0 aliphatic carbocycles. The van der Waals surface area contributed by atoms with E-state index < -0.39 is 0 Å². The maximum absolute atomic E-state index is 13.4. The van der Waals surface area contributed by atoms with Crippen molar-refractivity contribution in [2.24, 2.45) is 0 Å². The molecule has 1 N–H and O–H groups in total. The summed E-state index contributed by atoms with van der Waals surface area (Å²) in [4.78, 5) is 26.0. The number of carbonyl (C=O) groups excluding carboxylic acids is 1. The van der Waals surface area contributed by atoms with Crippen LogP contribution < -0.4 is 10.1 Å². The highest BCUT2D eigenvalue weighted by molar-refractivity contribution is 7.17. The molecule has 0 atom stereocenters. The molecule has 1 aromatic carbocycles. The van der Waals surface area contributed by atoms with Gasteiger partial charge in [-0.25, -0.2) is 19.3 Å². The highest BCUT2D eigenvalue weighted by Crippen LogP contribution is 2.25. The van der Waals surface area contributed by atoms with Crippen molar-refractivity contribution in [3.63, 3.8) is 0 Å². The maximum atomic E-state index is 13.4. The Bertz CT molecular complexity index is 1180. The number of halogens is 1. The second-order valence-electron chi connectivity index (χ2n) is 6.65. The molecule has 152 valence electrons. The van der Waals surface area contributed by atoms with Crippen molar-refractivity contribution in [2.75, 3.05) is 12.4 Å². The predicted molar refractivity (Wildman–Crippen MR) is 115 cm³/mol. The molecule has 0 radical (unpaired) electrons. The molecule has 30 heavy (non-hydrogen) atoms. The van der Waals surface area contributed by atoms with Crippen LogP contribution in [0.2, 0.25) is 0 Å². The molecular weight excluding hydrogens is 403 g/mol. The summed E-state index contributed by atoms with van der Waals surface area (Å²) in [5.41, 5.74) is 2.83. The van der Waals surface area contributed by atoms with Crippen LogP contribution in [0.1, 0.15) is 28.0 Å². The number of benzene rings is 1. The Balaban J connectivity index is 1.50. The molecule has 0 bridgehead atoms. The number of methoxy groups -OCH3 is 1. The lowest BCUT2D eigenvalue weighted by Crippen LogP contribution is -2.10. The molecule has 0 saturated heterocycles. The van der Waals surface area contributed by atoms with Gasteiger partial charge in [-0.05, 0) is 41.1 Å². The molecule has 4 rings (SSSR count). The summed E-state index contributed by atoms with van der Waals surface area (Å²) >= 11 is 1.44. The minimum atomic E-state index is -0.299. The minimum absolute atomic E-state index is 0.0607. The first kappa shape index (κ1) is 19.9. The van der Waals surface area contributed by atoms with Crippen LogP contribution in [-0.4, -0.2) is 27.8 Å². The van der Waals surface area contributed by atoms with Crippen LogP contribution in [0.4, 0.5) is 10.3 Å². The summed E-state index contributed by atoms with van der Waals surface area (Å²) in [6, 6.07) is 11.8. The van der Waals surface area contributed by atoms with Gasteiger partial charge in [-0.1, -0.05) is 18.2 Å². The Kier molecular flexibility index (Phi) is 5.94. The number of nitrogens with zero attached hydrogens (tertiary/aromatic N) is 3. The van der Waals surface area contributed by atoms with Crippen molar-refractivity contribution in [1.82, 2.24) is 15.0 Å². The smallest absolute Gasteiger partial charge is 0.224 e. The second-order valence-corrected chi connectivity index (χ2v) is 7.56. The van der Waals surface area contributed by atoms with Gasteiger partial charge in [0, 0.05) is 25.2 Å². The van der Waals surface area contributed by atoms with Crippen LogP contribution in [-0.2, 0) is 13.0 Å². The van der Waals surface area contributed by atoms with Crippen molar-refractivity contribution in [3.8, 4) is 5.88 Å². The van der Waals surface area contributed by atoms with Gasteiger partial charge < -0.3 is 10.1 Å². The van der Waals surface area contributed by atoms with E-state index in [1.165, 1.54) is 23.5 Å². The van der Waals surface area contributed by atoms with Gasteiger partial charge in [-0.2, -0.15) is 0 Å². The van der Waals surface area contributed by atoms with Crippen molar-refractivity contribution in [2.45, 2.75) is 19.4 Å². The predicted octanol–water partition coefficient (Wildman–Crippen LogP) is 4.66. The molecule has 0 spiro atoms. The van der Waals surface area contributed by atoms with E-state index in [1.807, 2.05) is 23.6 Å². The van der Waals surface area contributed by atoms with Gasteiger partial charge in [0.25, 0.3) is 0 Å². The van der Waals surface area contributed by atoms with E-state index in [2.05, 4.69) is 20.3 Å². The third-order valence-corrected chi connectivity index (χ3v) is 5.47. The van der Waals surface area contributed by atoms with Crippen LogP contribution >= 0.6 is 11.3 Å². The van der Waals surface area contributed by atoms with Gasteiger partial charge in [0.1, 0.15) is 11.5 Å². The average Bonchev–Trinajstić information content (AvgIpc) is 3.24. The van der Waals surface area contributed by atoms with Gasteiger partial charge in [-0.15, -0.1) is 11.3 Å². The molecule has 3 aromatic heterocycles. The number of Topliss-reactive ketones (excluding diaryl/α,β-unsaturated/α-hetero) is 1. The van der Waals surface area contributed by atoms with Crippen molar-refractivity contribution < 1.29 is 13.9 Å². The van der Waals surface area contributed by atoms with E-state index in [9.17, 15) is 9.18 Å². The highest BCUT2D eigenvalue weighted by Gasteiger charge is 2.16. The quantitative estimate of drug-likeness (QED) is 0.416. The first-order chi connectivity index (χ1) is 14.6. The van der Waals surface area contributed by atoms with Crippen LogP contribution in [0.5, 0.6) is 5.88 Å². The third-order valence-electron chi connectivity index (χ3n) is 4.55. The Labute approximate surface area is 176 Å². The van der Waals surface area contributed by atoms with Crippen LogP contribution in [0, 0.1) is 5.82 Å². The summed E-state index contributed by atoms with van der Waals surface area (Å²) in [6.07, 6.45) is 2.57. The molecule has 3 heterocycles. The fourth-order valence-corrected chi connectivity index (χ4v) is 3.85. The third kappa shape index (κ3) is 4.60. The zero-order chi connectivity index (χ0) is 20.9. The van der Waals surface area contributed by atoms with Gasteiger partial charge in [0.05, 0.1) is 17.3 Å². The highest BCUT2D eigenvalue weighted by atomic mass is 32.1. The second kappa shape index (κ2) is 8.96. The zero-order valence-corrected chi connectivity index (χ0v) is 17.1. The fourth-order valence-electron chi connectivity index (χ4n) is 3.02. The monoisotopic (exact) mass is 422 g/mol. The first-order valence-corrected chi connectivity index (χ1v) is 10.3. The van der Waals surface area contributed by atoms with Gasteiger partial charge in [0.2, 0.25) is 11.8 Å². The topological polar surface area (TPSA) is 77.0 Å². The molecule has 0 saturated carbocycles. The van der Waals surface area contributed by atoms with E-state index in [0.717, 1.165) is 15.8 Å². The molecule has 0 amide bonds. The van der Waals surface area contributed by atoms with Crippen LogP contribution in [0.15, 0.2) is 54.0 Å². The van der Waals surface area contributed by atoms with Crippen LogP contribution in [0.3, 0.4) is 0 Å². The number of rotatable bonds is 8. The average molecular weight is 422 g/mol. The number of anilines is 1. The Morgan fingerprint density at radius 1 is 1.17 bits per heavy atom. The number of carbonyl (C=O) groups is 1. The number of pyridine rings is 1. The van der Waals surface area contributed by atoms with Gasteiger partial charge in [-0.3, -0.25) is 4.79 Å². The number of aryl methyl sites for hydroxylation is 1. The van der Waals surface area contributed by atoms with Gasteiger partial charge in [0.15, 0.2) is 5.78 Å². The SMILES string of the molecule is COc1ccc(CCC(=O)c2nc(NCc3cccc(F)c3)nc3ccsc23)cn1. The first-order valence-electron chi connectivity index (χ1n) is 9.38. The van der Waals surface area contributed by atoms with Crippen molar-refractivity contribution in [3.05, 3.63) is 76.7 Å². The zero-order valence-electron chi connectivity index (χ0n) is 16.3. The van der Waals surface area contributed by atoms with Crippen molar-refractivity contribution >= 4 is 33.3 Å². The molecular formula is C22H19FN4O2S. The summed E-state index contributed by atoms with van der Waals surface area (Å²) in [7, 11) is 1.56. The van der Waals surface area contributed by atoms with Gasteiger partial charge >= 0.3 is 0 Å². The largest absolute Gasteiger partial charge is 0.481 e. The number of ether oxygens (including phenoxy) is 1. The number of hydrogen-bond acceptors (Lipinski definition) is 7. The minimum Gasteiger partial charge on any atom is -0.481 e. The lowest BCUT2D eigenvalue weighted by Gasteiger charge is -2.08. The number of hydrogen-bond donors (Lipinski definition) is 1. The molecule has 0 aliphatic heterocycles. The van der Waals surface area contributed by atoms with Crippen molar-refractivity contribution in [1.29, 1.82) is 0 Å². The molecule has 0 unspecified atom stereocenters. The van der Waals surface area contributed by atoms with E-state index in [4.69, 9.17) is 4.74 Å². The van der Waals surface area contributed by atoms with E-state index in [0.29, 0.717) is 42.4 Å². The number of thiophene rings is 1. The Morgan fingerprint density at radius 2 is 2.07 bits per heavy atom. The molecule has 4 aromatic rings. The summed E-state index contributed by atoms with van der Waals surface area (Å²) in [5, 5.41) is 4.98. The lowest BCUT2D eigenvalue weighted by atomic mass is 10.1. The van der Waals surface area contributed by atoms with E-state index in [-0.39, 0.29) is 11.6 Å². The molecule has 6 nitrogen and oxygen atoms in total. The Hall–Kier alpha value is -3.39. The van der Waals surface area contributed by atoms with Crippen LogP contribution in [0.25, 0.3) is 10.2 Å². The van der Waals surface area contributed by atoms with E-state index >= 15 is 0 Å². The Morgan fingerprint density at radius 3 is 2.83 bits per heavy atom. The molecule has 0 aliphatic rings. The maximum Gasteiger partial charge on any atom is 0.224 e. The summed E-state index contributed by atoms with van der Waals surface area (Å²) < 4.78 is 19.2. The molecule has 8 heteroatoms.